The zero-order valence-corrected chi connectivity index (χ0v) is 10.4. The third-order valence-corrected chi connectivity index (χ3v) is 3.82. The predicted octanol–water partition coefficient (Wildman–Crippen LogP) is 2.83. The number of hydrogen-bond donors (Lipinski definition) is 0. The number of thioether (sulfide) groups is 1. The summed E-state index contributed by atoms with van der Waals surface area (Å²) in [4.78, 5) is 14.2. The molecule has 1 aliphatic heterocycles. The van der Waals surface area contributed by atoms with Gasteiger partial charge < -0.3 is 4.90 Å². The molecule has 86 valence electrons. The summed E-state index contributed by atoms with van der Waals surface area (Å²) in [7, 11) is 0. The van der Waals surface area contributed by atoms with Gasteiger partial charge in [0.2, 0.25) is 0 Å². The normalized spacial score (nSPS) is 16.2. The molecule has 0 aromatic heterocycles. The Morgan fingerprint density at radius 1 is 1.31 bits per heavy atom. The Morgan fingerprint density at radius 3 is 2.69 bits per heavy atom. The van der Waals surface area contributed by atoms with Crippen molar-refractivity contribution < 1.29 is 4.79 Å². The molecule has 16 heavy (non-hydrogen) atoms. The number of rotatable bonds is 3. The van der Waals surface area contributed by atoms with E-state index in [4.69, 9.17) is 0 Å². The average molecular weight is 235 g/mol. The van der Waals surface area contributed by atoms with E-state index in [1.165, 1.54) is 0 Å². The van der Waals surface area contributed by atoms with Crippen LogP contribution in [0.4, 0.5) is 5.69 Å². The van der Waals surface area contributed by atoms with Crippen molar-refractivity contribution in [1.29, 1.82) is 0 Å². The van der Waals surface area contributed by atoms with E-state index in [0.29, 0.717) is 6.42 Å². The third kappa shape index (κ3) is 2.40. The molecule has 1 aromatic carbocycles. The maximum atomic E-state index is 11.8. The fraction of sp³-hybridized carbons (Fsp3) is 0.462. The van der Waals surface area contributed by atoms with Gasteiger partial charge in [0.1, 0.15) is 0 Å². The molecular weight excluding hydrogens is 218 g/mol. The van der Waals surface area contributed by atoms with Crippen molar-refractivity contribution in [3.8, 4) is 0 Å². The number of para-hydroxylation sites is 1. The van der Waals surface area contributed by atoms with Gasteiger partial charge in [0, 0.05) is 42.3 Å². The summed E-state index contributed by atoms with van der Waals surface area (Å²) in [5.41, 5.74) is 2.01. The van der Waals surface area contributed by atoms with Crippen molar-refractivity contribution in [2.45, 2.75) is 13.3 Å². The van der Waals surface area contributed by atoms with E-state index < -0.39 is 0 Å². The second kappa shape index (κ2) is 5.39. The lowest BCUT2D eigenvalue weighted by atomic mass is 10.1. The van der Waals surface area contributed by atoms with E-state index in [1.807, 2.05) is 36.9 Å². The van der Waals surface area contributed by atoms with Gasteiger partial charge in [-0.15, -0.1) is 0 Å². The van der Waals surface area contributed by atoms with E-state index in [2.05, 4.69) is 11.0 Å². The molecule has 0 N–H and O–H groups in total. The van der Waals surface area contributed by atoms with Gasteiger partial charge in [-0.1, -0.05) is 19.1 Å². The van der Waals surface area contributed by atoms with Crippen LogP contribution in [0.25, 0.3) is 0 Å². The molecule has 1 heterocycles. The van der Waals surface area contributed by atoms with Gasteiger partial charge in [-0.05, 0) is 12.1 Å². The molecule has 0 spiro atoms. The van der Waals surface area contributed by atoms with Crippen LogP contribution in [0.3, 0.4) is 0 Å². The molecule has 2 rings (SSSR count). The van der Waals surface area contributed by atoms with Gasteiger partial charge in [-0.25, -0.2) is 0 Å². The number of benzene rings is 1. The van der Waals surface area contributed by atoms with Crippen LogP contribution in [0.5, 0.6) is 0 Å². The number of nitrogens with zero attached hydrogens (tertiary/aromatic N) is 1. The van der Waals surface area contributed by atoms with E-state index in [9.17, 15) is 4.79 Å². The van der Waals surface area contributed by atoms with E-state index in [-0.39, 0.29) is 5.78 Å². The largest absolute Gasteiger partial charge is 0.369 e. The highest BCUT2D eigenvalue weighted by molar-refractivity contribution is 7.99. The van der Waals surface area contributed by atoms with Crippen molar-refractivity contribution in [3.63, 3.8) is 0 Å². The standard InChI is InChI=1S/C13H17NOS/c1-2-13(15)11-5-3-4-6-12(11)14-7-9-16-10-8-14/h3-6H,2,7-10H2,1H3. The SMILES string of the molecule is CCC(=O)c1ccccc1N1CCSCC1. The van der Waals surface area contributed by atoms with Crippen molar-refractivity contribution in [2.24, 2.45) is 0 Å². The van der Waals surface area contributed by atoms with Crippen LogP contribution in [-0.4, -0.2) is 30.4 Å². The summed E-state index contributed by atoms with van der Waals surface area (Å²) >= 11 is 1.99. The predicted molar refractivity (Wildman–Crippen MR) is 70.6 cm³/mol. The number of carbonyl (C=O) groups excluding carboxylic acids is 1. The minimum Gasteiger partial charge on any atom is -0.369 e. The maximum Gasteiger partial charge on any atom is 0.164 e. The van der Waals surface area contributed by atoms with Crippen LogP contribution >= 0.6 is 11.8 Å². The lowest BCUT2D eigenvalue weighted by molar-refractivity contribution is 0.0988. The van der Waals surface area contributed by atoms with E-state index in [1.54, 1.807) is 0 Å². The molecule has 0 unspecified atom stereocenters. The first kappa shape index (κ1) is 11.5. The highest BCUT2D eigenvalue weighted by Crippen LogP contribution is 2.24. The Kier molecular flexibility index (Phi) is 3.88. The molecule has 0 atom stereocenters. The van der Waals surface area contributed by atoms with Crippen LogP contribution in [0.15, 0.2) is 24.3 Å². The Hall–Kier alpha value is -0.960. The molecule has 1 fully saturated rings. The Labute approximate surface area is 101 Å². The van der Waals surface area contributed by atoms with Crippen molar-refractivity contribution in [2.75, 3.05) is 29.5 Å². The van der Waals surface area contributed by atoms with Gasteiger partial charge in [0.25, 0.3) is 0 Å². The molecule has 0 amide bonds. The van der Waals surface area contributed by atoms with Crippen molar-refractivity contribution in [1.82, 2.24) is 0 Å². The number of hydrogen-bond acceptors (Lipinski definition) is 3. The molecule has 0 bridgehead atoms. The topological polar surface area (TPSA) is 20.3 Å². The summed E-state index contributed by atoms with van der Waals surface area (Å²) < 4.78 is 0. The van der Waals surface area contributed by atoms with Crippen molar-refractivity contribution >= 4 is 23.2 Å². The van der Waals surface area contributed by atoms with Crippen LogP contribution in [0.2, 0.25) is 0 Å². The minimum absolute atomic E-state index is 0.244. The van der Waals surface area contributed by atoms with E-state index >= 15 is 0 Å². The molecule has 0 radical (unpaired) electrons. The summed E-state index contributed by atoms with van der Waals surface area (Å²) in [6.07, 6.45) is 0.583. The molecule has 1 saturated heterocycles. The quantitative estimate of drug-likeness (QED) is 0.751. The zero-order chi connectivity index (χ0) is 11.4. The molecule has 1 aromatic rings. The van der Waals surface area contributed by atoms with Crippen LogP contribution < -0.4 is 4.90 Å². The van der Waals surface area contributed by atoms with Gasteiger partial charge in [0.05, 0.1) is 0 Å². The van der Waals surface area contributed by atoms with Crippen LogP contribution in [0.1, 0.15) is 23.7 Å². The first-order valence-electron chi connectivity index (χ1n) is 5.78. The van der Waals surface area contributed by atoms with Crippen molar-refractivity contribution in [3.05, 3.63) is 29.8 Å². The number of anilines is 1. The number of carbonyl (C=O) groups is 1. The first-order chi connectivity index (χ1) is 7.83. The Bertz CT molecular complexity index is 372. The van der Waals surface area contributed by atoms with Crippen LogP contribution in [0, 0.1) is 0 Å². The first-order valence-corrected chi connectivity index (χ1v) is 6.93. The fourth-order valence-corrected chi connectivity index (χ4v) is 2.88. The second-order valence-corrected chi connectivity index (χ2v) is 5.12. The highest BCUT2D eigenvalue weighted by Gasteiger charge is 2.16. The number of ketones is 1. The monoisotopic (exact) mass is 235 g/mol. The lowest BCUT2D eigenvalue weighted by Crippen LogP contribution is -2.33. The highest BCUT2D eigenvalue weighted by atomic mass is 32.2. The summed E-state index contributed by atoms with van der Waals surface area (Å²) in [6.45, 7) is 4.03. The molecule has 2 nitrogen and oxygen atoms in total. The zero-order valence-electron chi connectivity index (χ0n) is 9.61. The minimum atomic E-state index is 0.244. The van der Waals surface area contributed by atoms with Gasteiger partial charge in [-0.2, -0.15) is 11.8 Å². The van der Waals surface area contributed by atoms with Gasteiger partial charge in [0.15, 0.2) is 5.78 Å². The molecule has 0 saturated carbocycles. The van der Waals surface area contributed by atoms with Gasteiger partial charge in [-0.3, -0.25) is 4.79 Å². The summed E-state index contributed by atoms with van der Waals surface area (Å²) in [6, 6.07) is 7.98. The van der Waals surface area contributed by atoms with E-state index in [0.717, 1.165) is 35.8 Å². The lowest BCUT2D eigenvalue weighted by Gasteiger charge is -2.30. The van der Waals surface area contributed by atoms with Crippen LogP contribution in [-0.2, 0) is 0 Å². The summed E-state index contributed by atoms with van der Waals surface area (Å²) in [5, 5.41) is 0. The maximum absolute atomic E-state index is 11.8. The smallest absolute Gasteiger partial charge is 0.164 e. The Morgan fingerprint density at radius 2 is 2.00 bits per heavy atom. The third-order valence-electron chi connectivity index (χ3n) is 2.88. The second-order valence-electron chi connectivity index (χ2n) is 3.89. The molecular formula is C13H17NOS. The molecule has 1 aliphatic rings. The fourth-order valence-electron chi connectivity index (χ4n) is 1.98. The Balaban J connectivity index is 2.28. The average Bonchev–Trinajstić information content (AvgIpc) is 2.39. The molecule has 3 heteroatoms. The molecule has 0 aliphatic carbocycles. The van der Waals surface area contributed by atoms with Gasteiger partial charge >= 0.3 is 0 Å². The number of Topliss-reactive ketones (excluding diaryl/α,β-unsaturated/α-hetero) is 1. The summed E-state index contributed by atoms with van der Waals surface area (Å²) in [5.74, 6) is 2.57.